The lowest BCUT2D eigenvalue weighted by Gasteiger charge is -2.41. The molecule has 3 aromatic rings. The minimum absolute atomic E-state index is 0.00278. The molecule has 2 N–H and O–H groups in total. The zero-order valence-electron chi connectivity index (χ0n) is 28.5. The second-order valence-electron chi connectivity index (χ2n) is 13.9. The first-order chi connectivity index (χ1) is 23.7. The van der Waals surface area contributed by atoms with Crippen LogP contribution in [0.2, 0.25) is 0 Å². The van der Waals surface area contributed by atoms with Crippen LogP contribution in [0.3, 0.4) is 0 Å². The molecule has 1 atom stereocenters. The van der Waals surface area contributed by atoms with Crippen molar-refractivity contribution in [1.82, 2.24) is 29.5 Å². The molecule has 0 bridgehead atoms. The molecule has 13 nitrogen and oxygen atoms in total. The van der Waals surface area contributed by atoms with Crippen molar-refractivity contribution in [3.63, 3.8) is 0 Å². The van der Waals surface area contributed by atoms with E-state index in [0.29, 0.717) is 62.7 Å². The van der Waals surface area contributed by atoms with Crippen molar-refractivity contribution in [3.05, 3.63) is 63.6 Å². The first-order valence-electron chi connectivity index (χ1n) is 17.7. The molecule has 0 aliphatic carbocycles. The average molecular weight is 674 g/mol. The molecular weight excluding hydrogens is 626 g/mol. The fraction of sp³-hybridized carbons (Fsp3) is 0.556. The van der Waals surface area contributed by atoms with Crippen LogP contribution in [0.5, 0.6) is 0 Å². The van der Waals surface area contributed by atoms with Gasteiger partial charge in [-0.05, 0) is 67.9 Å². The molecule has 5 heterocycles. The minimum atomic E-state index is -1.02. The van der Waals surface area contributed by atoms with Gasteiger partial charge in [0.1, 0.15) is 0 Å². The van der Waals surface area contributed by atoms with E-state index in [0.717, 1.165) is 67.8 Å². The van der Waals surface area contributed by atoms with E-state index in [9.17, 15) is 19.2 Å². The second-order valence-corrected chi connectivity index (χ2v) is 13.9. The highest BCUT2D eigenvalue weighted by Gasteiger charge is 2.36. The minimum Gasteiger partial charge on any atom is -0.436 e. The van der Waals surface area contributed by atoms with Crippen LogP contribution >= 0.6 is 0 Å². The number of anilines is 1. The Morgan fingerprint density at radius 3 is 2.37 bits per heavy atom. The van der Waals surface area contributed by atoms with Crippen LogP contribution in [0, 0.1) is 6.92 Å². The van der Waals surface area contributed by atoms with Gasteiger partial charge in [-0.25, -0.2) is 14.4 Å². The highest BCUT2D eigenvalue weighted by Crippen LogP contribution is 2.27. The Labute approximate surface area is 286 Å². The predicted octanol–water partition coefficient (Wildman–Crippen LogP) is 2.94. The maximum Gasteiger partial charge on any atom is 0.419 e. The Hall–Kier alpha value is -4.36. The fourth-order valence-corrected chi connectivity index (χ4v) is 8.09. The average Bonchev–Trinajstić information content (AvgIpc) is 3.30. The normalized spacial score (nSPS) is 20.5. The van der Waals surface area contributed by atoms with Crippen LogP contribution in [0.25, 0.3) is 11.1 Å². The number of nitrogens with zero attached hydrogens (tertiary/aromatic N) is 5. The number of hydrogen-bond donors (Lipinski definition) is 2. The number of hydrogen-bond acceptors (Lipinski definition) is 8. The largest absolute Gasteiger partial charge is 0.436 e. The summed E-state index contributed by atoms with van der Waals surface area (Å²) in [7, 11) is 1.67. The number of likely N-dealkylation sites (tertiary alicyclic amines) is 2. The standard InChI is InChI=1S/C36H47N7O6/c1-24-21-25(22-30-32(24)39(2)35(46)48-30)23-31(33(44)41-14-8-27(9-15-41)40-19-12-37-13-20-40)49-36(47)42-16-10-28(11-17-42)43-18-7-26-5-3-4-6-29(26)38-34(43)45/h3-6,21-22,27-28,31,37H,7-20,23H2,1-2H3,(H,38,45). The van der Waals surface area contributed by atoms with Crippen molar-refractivity contribution in [2.45, 2.75) is 63.6 Å². The number of urea groups is 1. The van der Waals surface area contributed by atoms with Crippen molar-refractivity contribution in [2.75, 3.05) is 64.2 Å². The van der Waals surface area contributed by atoms with Crippen LogP contribution in [-0.4, -0.2) is 119 Å². The lowest BCUT2D eigenvalue weighted by Crippen LogP contribution is -2.54. The number of ether oxygens (including phenoxy) is 1. The summed E-state index contributed by atoms with van der Waals surface area (Å²) >= 11 is 0. The molecule has 3 fully saturated rings. The molecule has 2 aromatic carbocycles. The monoisotopic (exact) mass is 673 g/mol. The number of carbonyl (C=O) groups excluding carboxylic acids is 3. The number of aryl methyl sites for hydroxylation is 2. The number of piperidine rings is 2. The number of rotatable bonds is 6. The van der Waals surface area contributed by atoms with E-state index < -0.39 is 18.0 Å². The summed E-state index contributed by atoms with van der Waals surface area (Å²) < 4.78 is 13.0. The van der Waals surface area contributed by atoms with Gasteiger partial charge in [-0.2, -0.15) is 0 Å². The van der Waals surface area contributed by atoms with Gasteiger partial charge >= 0.3 is 17.9 Å². The fourth-order valence-electron chi connectivity index (χ4n) is 8.09. The molecule has 4 amide bonds. The van der Waals surface area contributed by atoms with E-state index in [4.69, 9.17) is 9.15 Å². The summed E-state index contributed by atoms with van der Waals surface area (Å²) in [5.41, 5.74) is 4.72. The molecular formula is C36H47N7O6. The van der Waals surface area contributed by atoms with Gasteiger partial charge in [0.05, 0.1) is 5.52 Å². The summed E-state index contributed by atoms with van der Waals surface area (Å²) in [6.07, 6.45) is 2.41. The molecule has 0 spiro atoms. The van der Waals surface area contributed by atoms with Crippen LogP contribution in [-0.2, 0) is 29.4 Å². The van der Waals surface area contributed by atoms with Gasteiger partial charge in [0, 0.05) is 90.1 Å². The van der Waals surface area contributed by atoms with Crippen molar-refractivity contribution >= 4 is 34.8 Å². The summed E-state index contributed by atoms with van der Waals surface area (Å²) in [6, 6.07) is 11.9. The van der Waals surface area contributed by atoms with Gasteiger partial charge in [0.15, 0.2) is 11.7 Å². The van der Waals surface area contributed by atoms with Gasteiger partial charge < -0.3 is 34.5 Å². The van der Waals surface area contributed by atoms with Crippen LogP contribution in [0.15, 0.2) is 45.6 Å². The molecule has 49 heavy (non-hydrogen) atoms. The quantitative estimate of drug-likeness (QED) is 0.409. The number of aromatic nitrogens is 1. The van der Waals surface area contributed by atoms with Gasteiger partial charge in [0.25, 0.3) is 5.91 Å². The number of piperazine rings is 1. The molecule has 1 aromatic heterocycles. The molecule has 262 valence electrons. The maximum absolute atomic E-state index is 14.1. The molecule has 13 heteroatoms. The topological polar surface area (TPSA) is 133 Å². The SMILES string of the molecule is Cc1cc(CC(OC(=O)N2CCC(N3CCc4ccccc4NC3=O)CC2)C(=O)N2CCC(N3CCNCC3)CC2)cc2oc(=O)n(C)c12. The first-order valence-corrected chi connectivity index (χ1v) is 17.7. The Morgan fingerprint density at radius 2 is 1.61 bits per heavy atom. The molecule has 0 radical (unpaired) electrons. The number of oxazole rings is 1. The Bertz CT molecular complexity index is 1750. The summed E-state index contributed by atoms with van der Waals surface area (Å²) in [6.45, 7) is 8.60. The van der Waals surface area contributed by atoms with Gasteiger partial charge in [0.2, 0.25) is 0 Å². The zero-order valence-corrected chi connectivity index (χ0v) is 28.5. The summed E-state index contributed by atoms with van der Waals surface area (Å²) in [5.74, 6) is -0.651. The van der Waals surface area contributed by atoms with Gasteiger partial charge in [-0.3, -0.25) is 14.3 Å². The number of amides is 4. The zero-order chi connectivity index (χ0) is 34.1. The van der Waals surface area contributed by atoms with E-state index >= 15 is 0 Å². The van der Waals surface area contributed by atoms with E-state index in [2.05, 4.69) is 15.5 Å². The summed E-state index contributed by atoms with van der Waals surface area (Å²) in [4.78, 5) is 61.0. The second kappa shape index (κ2) is 14.2. The smallest absolute Gasteiger partial charge is 0.419 e. The highest BCUT2D eigenvalue weighted by molar-refractivity contribution is 5.91. The Kier molecular flexibility index (Phi) is 9.64. The first kappa shape index (κ1) is 33.2. The third-order valence-electron chi connectivity index (χ3n) is 10.8. The number of para-hydroxylation sites is 1. The number of benzene rings is 2. The summed E-state index contributed by atoms with van der Waals surface area (Å²) in [5, 5.41) is 6.45. The van der Waals surface area contributed by atoms with Crippen LogP contribution < -0.4 is 16.4 Å². The lowest BCUT2D eigenvalue weighted by atomic mass is 10.00. The van der Waals surface area contributed by atoms with Crippen molar-refractivity contribution in [1.29, 1.82) is 0 Å². The Balaban J connectivity index is 1.02. The molecule has 4 aliphatic rings. The van der Waals surface area contributed by atoms with Crippen molar-refractivity contribution in [3.8, 4) is 0 Å². The Morgan fingerprint density at radius 1 is 0.918 bits per heavy atom. The molecule has 7 rings (SSSR count). The van der Waals surface area contributed by atoms with Gasteiger partial charge in [-0.1, -0.05) is 24.3 Å². The molecule has 4 aliphatic heterocycles. The van der Waals surface area contributed by atoms with E-state index in [1.165, 1.54) is 4.57 Å². The highest BCUT2D eigenvalue weighted by atomic mass is 16.6. The van der Waals surface area contributed by atoms with Gasteiger partial charge in [-0.15, -0.1) is 0 Å². The third-order valence-corrected chi connectivity index (χ3v) is 10.8. The van der Waals surface area contributed by atoms with E-state index in [-0.39, 0.29) is 24.4 Å². The van der Waals surface area contributed by atoms with Crippen LogP contribution in [0.4, 0.5) is 15.3 Å². The van der Waals surface area contributed by atoms with Crippen LogP contribution in [0.1, 0.15) is 42.4 Å². The predicted molar refractivity (Wildman–Crippen MR) is 185 cm³/mol. The maximum atomic E-state index is 14.1. The number of carbonyl (C=O) groups is 3. The van der Waals surface area contributed by atoms with Crippen molar-refractivity contribution < 1.29 is 23.5 Å². The lowest BCUT2D eigenvalue weighted by molar-refractivity contribution is -0.142. The van der Waals surface area contributed by atoms with E-state index in [1.54, 1.807) is 18.0 Å². The molecule has 1 unspecified atom stereocenters. The third kappa shape index (κ3) is 7.04. The van der Waals surface area contributed by atoms with E-state index in [1.807, 2.05) is 47.1 Å². The molecule has 0 saturated carbocycles. The van der Waals surface area contributed by atoms with Crippen molar-refractivity contribution in [2.24, 2.45) is 7.05 Å². The number of nitrogens with one attached hydrogen (secondary N) is 2. The molecule has 3 saturated heterocycles. The number of fused-ring (bicyclic) bond motifs is 2.